The molecule has 0 aliphatic carbocycles. The maximum atomic E-state index is 6.76. The molecular weight excluding hydrogens is 621 g/mol. The number of benzene rings is 8. The Hall–Kier alpha value is -6.84. The molecule has 0 atom stereocenters. The highest BCUT2D eigenvalue weighted by Crippen LogP contribution is 2.48. The molecular formula is C48H32N2O. The SMILES string of the molecule is c1ccc(-c2cc(-c3ccccc3)cc(N(c3cccc4c3oc3ccccc34)c3cccc4c3c3ccccc3n4-c3ccccc3)c2)cc1. The summed E-state index contributed by atoms with van der Waals surface area (Å²) in [5, 5.41) is 4.57. The van der Waals surface area contributed by atoms with Crippen LogP contribution in [-0.4, -0.2) is 4.57 Å². The summed E-state index contributed by atoms with van der Waals surface area (Å²) in [4.78, 5) is 2.41. The molecule has 0 N–H and O–H groups in total. The summed E-state index contributed by atoms with van der Waals surface area (Å²) in [6.45, 7) is 0. The summed E-state index contributed by atoms with van der Waals surface area (Å²) in [7, 11) is 0. The van der Waals surface area contributed by atoms with Crippen molar-refractivity contribution in [3.8, 4) is 27.9 Å². The maximum absolute atomic E-state index is 6.76. The standard InChI is InChI=1S/C48H32N2O/c1-4-16-33(17-5-1)35-30-36(34-18-6-2-7-19-34)32-38(31-35)50(45-28-14-24-40-39-22-11-13-29-46(39)51-48(40)45)44-27-15-26-43-47(44)41-23-10-12-25-42(41)49(43)37-20-8-3-9-21-37/h1-32H. The molecule has 0 saturated heterocycles. The van der Waals surface area contributed by atoms with Gasteiger partial charge in [-0.15, -0.1) is 0 Å². The first-order chi connectivity index (χ1) is 25.3. The third kappa shape index (κ3) is 4.82. The van der Waals surface area contributed by atoms with E-state index in [1.807, 2.05) is 6.07 Å². The van der Waals surface area contributed by atoms with E-state index >= 15 is 0 Å². The number of hydrogen-bond acceptors (Lipinski definition) is 2. The van der Waals surface area contributed by atoms with Crippen molar-refractivity contribution >= 4 is 60.8 Å². The lowest BCUT2D eigenvalue weighted by molar-refractivity contribution is 0.669. The first-order valence-corrected chi connectivity index (χ1v) is 17.4. The fourth-order valence-corrected chi connectivity index (χ4v) is 7.69. The van der Waals surface area contributed by atoms with E-state index in [0.29, 0.717) is 0 Å². The van der Waals surface area contributed by atoms with Gasteiger partial charge in [-0.25, -0.2) is 0 Å². The van der Waals surface area contributed by atoms with E-state index in [9.17, 15) is 0 Å². The van der Waals surface area contributed by atoms with Crippen molar-refractivity contribution in [3.63, 3.8) is 0 Å². The molecule has 10 aromatic rings. The lowest BCUT2D eigenvalue weighted by atomic mass is 9.97. The van der Waals surface area contributed by atoms with Crippen LogP contribution in [-0.2, 0) is 0 Å². The fourth-order valence-electron chi connectivity index (χ4n) is 7.69. The molecule has 3 nitrogen and oxygen atoms in total. The second kappa shape index (κ2) is 11.9. The molecule has 0 spiro atoms. The molecule has 0 fully saturated rings. The summed E-state index contributed by atoms with van der Waals surface area (Å²) >= 11 is 0. The molecule has 8 aromatic carbocycles. The minimum Gasteiger partial charge on any atom is -0.454 e. The van der Waals surface area contributed by atoms with E-state index in [4.69, 9.17) is 4.42 Å². The molecule has 10 rings (SSSR count). The molecule has 3 heteroatoms. The van der Waals surface area contributed by atoms with Crippen molar-refractivity contribution in [2.24, 2.45) is 0 Å². The highest BCUT2D eigenvalue weighted by Gasteiger charge is 2.25. The highest BCUT2D eigenvalue weighted by molar-refractivity contribution is 6.18. The largest absolute Gasteiger partial charge is 0.454 e. The average Bonchev–Trinajstić information content (AvgIpc) is 3.76. The van der Waals surface area contributed by atoms with E-state index in [-0.39, 0.29) is 0 Å². The molecule has 0 radical (unpaired) electrons. The zero-order chi connectivity index (χ0) is 33.7. The van der Waals surface area contributed by atoms with Crippen LogP contribution in [0.5, 0.6) is 0 Å². The molecule has 0 aliphatic heterocycles. The first-order valence-electron chi connectivity index (χ1n) is 17.4. The number of aromatic nitrogens is 1. The second-order valence-corrected chi connectivity index (χ2v) is 12.9. The molecule has 2 aromatic heterocycles. The molecule has 0 unspecified atom stereocenters. The van der Waals surface area contributed by atoms with Crippen molar-refractivity contribution < 1.29 is 4.42 Å². The van der Waals surface area contributed by atoms with Crippen molar-refractivity contribution in [1.82, 2.24) is 4.57 Å². The number of anilines is 3. The Kier molecular flexibility index (Phi) is 6.81. The Labute approximate surface area is 295 Å². The number of fused-ring (bicyclic) bond motifs is 6. The van der Waals surface area contributed by atoms with Gasteiger partial charge in [-0.2, -0.15) is 0 Å². The average molecular weight is 653 g/mol. The lowest BCUT2D eigenvalue weighted by Crippen LogP contribution is -2.11. The van der Waals surface area contributed by atoms with Crippen LogP contribution in [0.2, 0.25) is 0 Å². The van der Waals surface area contributed by atoms with Crippen LogP contribution < -0.4 is 4.90 Å². The van der Waals surface area contributed by atoms with Crippen LogP contribution in [0.4, 0.5) is 17.1 Å². The number of nitrogens with zero attached hydrogens (tertiary/aromatic N) is 2. The molecule has 0 amide bonds. The number of para-hydroxylation sites is 4. The fraction of sp³-hybridized carbons (Fsp3) is 0. The summed E-state index contributed by atoms with van der Waals surface area (Å²) in [5.41, 5.74) is 12.9. The van der Waals surface area contributed by atoms with Gasteiger partial charge in [0, 0.05) is 32.9 Å². The zero-order valence-electron chi connectivity index (χ0n) is 27.8. The van der Waals surface area contributed by atoms with Crippen LogP contribution >= 0.6 is 0 Å². The maximum Gasteiger partial charge on any atom is 0.159 e. The van der Waals surface area contributed by atoms with Gasteiger partial charge in [-0.05, 0) is 82.9 Å². The van der Waals surface area contributed by atoms with Crippen LogP contribution in [0.3, 0.4) is 0 Å². The van der Waals surface area contributed by atoms with Crippen molar-refractivity contribution in [2.45, 2.75) is 0 Å². The van der Waals surface area contributed by atoms with Crippen LogP contribution in [0.1, 0.15) is 0 Å². The number of hydrogen-bond donors (Lipinski definition) is 0. The molecule has 51 heavy (non-hydrogen) atoms. The van der Waals surface area contributed by atoms with E-state index in [2.05, 4.69) is 198 Å². The van der Waals surface area contributed by atoms with Gasteiger partial charge in [0.15, 0.2) is 5.58 Å². The molecule has 240 valence electrons. The smallest absolute Gasteiger partial charge is 0.159 e. The number of rotatable bonds is 6. The van der Waals surface area contributed by atoms with Gasteiger partial charge < -0.3 is 13.9 Å². The molecule has 0 saturated carbocycles. The van der Waals surface area contributed by atoms with E-state index in [0.717, 1.165) is 78.0 Å². The van der Waals surface area contributed by atoms with Gasteiger partial charge in [-0.3, -0.25) is 0 Å². The normalized spacial score (nSPS) is 11.5. The monoisotopic (exact) mass is 652 g/mol. The van der Waals surface area contributed by atoms with Crippen LogP contribution in [0.25, 0.3) is 71.7 Å². The summed E-state index contributed by atoms with van der Waals surface area (Å²) < 4.78 is 9.14. The Morgan fingerprint density at radius 3 is 1.67 bits per heavy atom. The Balaban J connectivity index is 1.34. The first kappa shape index (κ1) is 29.1. The zero-order valence-corrected chi connectivity index (χ0v) is 27.8. The predicted octanol–water partition coefficient (Wildman–Crippen LogP) is 13.5. The van der Waals surface area contributed by atoms with Crippen molar-refractivity contribution in [1.29, 1.82) is 0 Å². The van der Waals surface area contributed by atoms with Gasteiger partial charge >= 0.3 is 0 Å². The van der Waals surface area contributed by atoms with Gasteiger partial charge in [0.2, 0.25) is 0 Å². The quantitative estimate of drug-likeness (QED) is 0.178. The van der Waals surface area contributed by atoms with Crippen molar-refractivity contribution in [2.75, 3.05) is 4.90 Å². The second-order valence-electron chi connectivity index (χ2n) is 12.9. The minimum absolute atomic E-state index is 0.855. The Bertz CT molecular complexity index is 2790. The van der Waals surface area contributed by atoms with Crippen LogP contribution in [0.15, 0.2) is 199 Å². The third-order valence-corrected chi connectivity index (χ3v) is 9.95. The summed E-state index contributed by atoms with van der Waals surface area (Å²) in [6.07, 6.45) is 0. The predicted molar refractivity (Wildman–Crippen MR) is 214 cm³/mol. The van der Waals surface area contributed by atoms with E-state index < -0.39 is 0 Å². The van der Waals surface area contributed by atoms with Gasteiger partial charge in [-0.1, -0.05) is 133 Å². The molecule has 0 bridgehead atoms. The Morgan fingerprint density at radius 1 is 0.392 bits per heavy atom. The van der Waals surface area contributed by atoms with Gasteiger partial charge in [0.25, 0.3) is 0 Å². The molecule has 0 aliphatic rings. The molecule has 2 heterocycles. The third-order valence-electron chi connectivity index (χ3n) is 9.95. The lowest BCUT2D eigenvalue weighted by Gasteiger charge is -2.28. The highest BCUT2D eigenvalue weighted by atomic mass is 16.3. The summed E-state index contributed by atoms with van der Waals surface area (Å²) in [5.74, 6) is 0. The number of furan rings is 1. The van der Waals surface area contributed by atoms with Gasteiger partial charge in [0.1, 0.15) is 5.58 Å². The van der Waals surface area contributed by atoms with Crippen LogP contribution in [0, 0.1) is 0 Å². The van der Waals surface area contributed by atoms with Gasteiger partial charge in [0.05, 0.1) is 22.4 Å². The topological polar surface area (TPSA) is 21.3 Å². The Morgan fingerprint density at radius 2 is 0.941 bits per heavy atom. The van der Waals surface area contributed by atoms with E-state index in [1.165, 1.54) is 10.8 Å². The summed E-state index contributed by atoms with van der Waals surface area (Å²) in [6, 6.07) is 69.1. The van der Waals surface area contributed by atoms with E-state index in [1.54, 1.807) is 0 Å². The minimum atomic E-state index is 0.855. The van der Waals surface area contributed by atoms with Crippen molar-refractivity contribution in [3.05, 3.63) is 194 Å².